The second kappa shape index (κ2) is 10.6. The van der Waals surface area contributed by atoms with Crippen molar-refractivity contribution < 1.29 is 9.18 Å². The molecule has 0 aliphatic carbocycles. The minimum atomic E-state index is -0.272. The summed E-state index contributed by atoms with van der Waals surface area (Å²) < 4.78 is 15.8. The molecule has 3 aromatic rings. The summed E-state index contributed by atoms with van der Waals surface area (Å²) in [6.45, 7) is 6.70. The van der Waals surface area contributed by atoms with Crippen LogP contribution < -0.4 is 10.6 Å². The Bertz CT molecular complexity index is 988. The molecule has 0 fully saturated rings. The number of hydrogen-bond acceptors (Lipinski definition) is 3. The van der Waals surface area contributed by atoms with Gasteiger partial charge in [-0.15, -0.1) is 24.8 Å². The zero-order valence-corrected chi connectivity index (χ0v) is 18.6. The fourth-order valence-electron chi connectivity index (χ4n) is 3.19. The Morgan fingerprint density at radius 1 is 1.17 bits per heavy atom. The molecular formula is C21H27Cl2FN4O. The van der Waals surface area contributed by atoms with Gasteiger partial charge in [-0.3, -0.25) is 4.79 Å². The summed E-state index contributed by atoms with van der Waals surface area (Å²) in [5.74, 6) is 0.499. The topological polar surface area (TPSA) is 59.0 Å². The lowest BCUT2D eigenvalue weighted by Crippen LogP contribution is -2.19. The summed E-state index contributed by atoms with van der Waals surface area (Å²) in [6.07, 6.45) is 0.423. The van der Waals surface area contributed by atoms with Gasteiger partial charge in [0.15, 0.2) is 0 Å². The molecule has 8 heteroatoms. The van der Waals surface area contributed by atoms with Gasteiger partial charge in [0.2, 0.25) is 5.91 Å². The molecule has 0 saturated carbocycles. The van der Waals surface area contributed by atoms with Crippen LogP contribution >= 0.6 is 24.8 Å². The summed E-state index contributed by atoms with van der Waals surface area (Å²) >= 11 is 0. The minimum Gasteiger partial charge on any atom is -0.326 e. The number of aryl methyl sites for hydroxylation is 1. The number of carbonyl (C=O) groups excluding carboxylic acids is 1. The zero-order valence-electron chi connectivity index (χ0n) is 17.0. The van der Waals surface area contributed by atoms with Crippen LogP contribution in [0.15, 0.2) is 36.4 Å². The highest BCUT2D eigenvalue weighted by molar-refractivity contribution is 5.92. The number of hydrogen-bond donors (Lipinski definition) is 2. The quantitative estimate of drug-likeness (QED) is 0.558. The van der Waals surface area contributed by atoms with Crippen LogP contribution in [0.1, 0.15) is 31.9 Å². The van der Waals surface area contributed by atoms with Gasteiger partial charge in [0, 0.05) is 30.3 Å². The van der Waals surface area contributed by atoms with E-state index >= 15 is 0 Å². The predicted molar refractivity (Wildman–Crippen MR) is 122 cm³/mol. The first-order chi connectivity index (χ1) is 12.9. The van der Waals surface area contributed by atoms with Crippen LogP contribution in [0, 0.1) is 12.7 Å². The summed E-state index contributed by atoms with van der Waals surface area (Å²) in [5.41, 5.74) is 4.23. The number of aromatic nitrogens is 2. The van der Waals surface area contributed by atoms with Crippen LogP contribution in [-0.4, -0.2) is 29.1 Å². The van der Waals surface area contributed by atoms with Gasteiger partial charge in [0.05, 0.1) is 11.0 Å². The van der Waals surface area contributed by atoms with Gasteiger partial charge in [-0.1, -0.05) is 0 Å². The molecule has 29 heavy (non-hydrogen) atoms. The lowest BCUT2D eigenvalue weighted by Gasteiger charge is -2.15. The van der Waals surface area contributed by atoms with Crippen molar-refractivity contribution in [2.75, 3.05) is 18.9 Å². The van der Waals surface area contributed by atoms with Gasteiger partial charge in [-0.2, -0.15) is 0 Å². The maximum atomic E-state index is 13.7. The Morgan fingerprint density at radius 2 is 1.90 bits per heavy atom. The maximum Gasteiger partial charge on any atom is 0.225 e. The number of fused-ring (bicyclic) bond motifs is 1. The van der Waals surface area contributed by atoms with Gasteiger partial charge in [0.25, 0.3) is 0 Å². The monoisotopic (exact) mass is 440 g/mol. The van der Waals surface area contributed by atoms with Gasteiger partial charge >= 0.3 is 0 Å². The lowest BCUT2D eigenvalue weighted by atomic mass is 10.1. The summed E-state index contributed by atoms with van der Waals surface area (Å²) in [5, 5.41) is 5.90. The molecule has 0 aliphatic heterocycles. The third-order valence-electron chi connectivity index (χ3n) is 4.53. The fraction of sp³-hybridized carbons (Fsp3) is 0.333. The number of benzene rings is 2. The van der Waals surface area contributed by atoms with Crippen molar-refractivity contribution >= 4 is 47.4 Å². The molecule has 1 amide bonds. The predicted octanol–water partition coefficient (Wildman–Crippen LogP) is 5.12. The third-order valence-corrected chi connectivity index (χ3v) is 4.53. The van der Waals surface area contributed by atoms with Crippen molar-refractivity contribution in [3.05, 3.63) is 47.8 Å². The Morgan fingerprint density at radius 3 is 2.52 bits per heavy atom. The molecule has 0 aliphatic rings. The van der Waals surface area contributed by atoms with Crippen LogP contribution in [0.5, 0.6) is 0 Å². The molecule has 0 atom stereocenters. The number of anilines is 1. The SMILES string of the molecule is CNCCC(=O)Nc1ccc(-c2nc3ccc(F)cc3n2C(C)C)cc1C.Cl.Cl. The van der Waals surface area contributed by atoms with Gasteiger partial charge in [-0.05, 0) is 69.8 Å². The van der Waals surface area contributed by atoms with Crippen LogP contribution in [0.3, 0.4) is 0 Å². The van der Waals surface area contributed by atoms with E-state index < -0.39 is 0 Å². The van der Waals surface area contributed by atoms with Crippen LogP contribution in [0.25, 0.3) is 22.4 Å². The fourth-order valence-corrected chi connectivity index (χ4v) is 3.19. The molecule has 0 spiro atoms. The van der Waals surface area contributed by atoms with E-state index in [1.54, 1.807) is 6.07 Å². The number of halogens is 3. The van der Waals surface area contributed by atoms with Crippen LogP contribution in [0.4, 0.5) is 10.1 Å². The first kappa shape index (κ1) is 24.9. The number of imidazole rings is 1. The van der Waals surface area contributed by atoms with Gasteiger partial charge in [0.1, 0.15) is 11.6 Å². The van der Waals surface area contributed by atoms with Gasteiger partial charge < -0.3 is 15.2 Å². The highest BCUT2D eigenvalue weighted by Gasteiger charge is 2.16. The summed E-state index contributed by atoms with van der Waals surface area (Å²) in [6, 6.07) is 10.6. The highest BCUT2D eigenvalue weighted by Crippen LogP contribution is 2.31. The largest absolute Gasteiger partial charge is 0.326 e. The second-order valence-corrected chi connectivity index (χ2v) is 6.96. The van der Waals surface area contributed by atoms with Crippen molar-refractivity contribution in [2.24, 2.45) is 0 Å². The first-order valence-electron chi connectivity index (χ1n) is 9.13. The molecule has 0 bridgehead atoms. The minimum absolute atomic E-state index is 0. The molecule has 3 rings (SSSR count). The summed E-state index contributed by atoms with van der Waals surface area (Å²) in [7, 11) is 1.82. The molecule has 2 N–H and O–H groups in total. The molecule has 0 saturated heterocycles. The lowest BCUT2D eigenvalue weighted by molar-refractivity contribution is -0.116. The van der Waals surface area contributed by atoms with Crippen molar-refractivity contribution in [2.45, 2.75) is 33.2 Å². The molecule has 158 valence electrons. The van der Waals surface area contributed by atoms with E-state index in [1.165, 1.54) is 12.1 Å². The Balaban J connectivity index is 0.00000210. The van der Waals surface area contributed by atoms with E-state index in [-0.39, 0.29) is 42.6 Å². The normalized spacial score (nSPS) is 10.6. The Hall–Kier alpha value is -2.15. The highest BCUT2D eigenvalue weighted by atomic mass is 35.5. The molecule has 0 unspecified atom stereocenters. The summed E-state index contributed by atoms with van der Waals surface area (Å²) in [4.78, 5) is 16.7. The zero-order chi connectivity index (χ0) is 19.6. The van der Waals surface area contributed by atoms with E-state index in [2.05, 4.69) is 24.5 Å². The van der Waals surface area contributed by atoms with Crippen molar-refractivity contribution in [3.8, 4) is 11.4 Å². The van der Waals surface area contributed by atoms with Crippen molar-refractivity contribution in [1.29, 1.82) is 0 Å². The molecular weight excluding hydrogens is 414 g/mol. The van der Waals surface area contributed by atoms with E-state index in [1.807, 2.05) is 36.7 Å². The molecule has 0 radical (unpaired) electrons. The van der Waals surface area contributed by atoms with Crippen LogP contribution in [0.2, 0.25) is 0 Å². The van der Waals surface area contributed by atoms with E-state index in [0.29, 0.717) is 13.0 Å². The molecule has 1 heterocycles. The van der Waals surface area contributed by atoms with E-state index in [0.717, 1.165) is 33.7 Å². The molecule has 5 nitrogen and oxygen atoms in total. The average Bonchev–Trinajstić information content (AvgIpc) is 3.00. The average molecular weight is 441 g/mol. The first-order valence-corrected chi connectivity index (χ1v) is 9.13. The van der Waals surface area contributed by atoms with Crippen molar-refractivity contribution in [3.63, 3.8) is 0 Å². The Labute approximate surface area is 182 Å². The maximum absolute atomic E-state index is 13.7. The van der Waals surface area contributed by atoms with E-state index in [4.69, 9.17) is 4.98 Å². The second-order valence-electron chi connectivity index (χ2n) is 6.96. The smallest absolute Gasteiger partial charge is 0.225 e. The molecule has 2 aromatic carbocycles. The number of nitrogens with zero attached hydrogens (tertiary/aromatic N) is 2. The Kier molecular flexibility index (Phi) is 9.08. The number of amides is 1. The van der Waals surface area contributed by atoms with E-state index in [9.17, 15) is 9.18 Å². The third kappa shape index (κ3) is 5.47. The van der Waals surface area contributed by atoms with Crippen LogP contribution in [-0.2, 0) is 4.79 Å². The van der Waals surface area contributed by atoms with Crippen molar-refractivity contribution in [1.82, 2.24) is 14.9 Å². The number of nitrogens with one attached hydrogen (secondary N) is 2. The number of carbonyl (C=O) groups is 1. The standard InChI is InChI=1S/C21H25FN4O.2ClH/c1-13(2)26-19-12-16(22)6-8-18(19)25-21(26)15-5-7-17(14(3)11-15)24-20(27)9-10-23-4;;/h5-8,11-13,23H,9-10H2,1-4H3,(H,24,27);2*1H. The molecule has 1 aromatic heterocycles. The van der Waals surface area contributed by atoms with Gasteiger partial charge in [-0.25, -0.2) is 9.37 Å². The number of rotatable bonds is 6.